The van der Waals surface area contributed by atoms with Crippen molar-refractivity contribution in [3.8, 4) is 0 Å². The Kier molecular flexibility index (Phi) is 3.73. The molecule has 3 rings (SSSR count). The molecule has 1 aromatic carbocycles. The van der Waals surface area contributed by atoms with E-state index in [9.17, 15) is 0 Å². The summed E-state index contributed by atoms with van der Waals surface area (Å²) in [7, 11) is 0. The van der Waals surface area contributed by atoms with Gasteiger partial charge in [-0.05, 0) is 42.9 Å². The molecule has 0 radical (unpaired) electrons. The molecule has 2 aliphatic heterocycles. The predicted octanol–water partition coefficient (Wildman–Crippen LogP) is 3.11. The van der Waals surface area contributed by atoms with Crippen LogP contribution >= 0.6 is 15.9 Å². The van der Waals surface area contributed by atoms with Gasteiger partial charge in [0.1, 0.15) is 0 Å². The van der Waals surface area contributed by atoms with Crippen LogP contribution in [-0.4, -0.2) is 26.3 Å². The van der Waals surface area contributed by atoms with E-state index in [1.54, 1.807) is 0 Å². The molecule has 2 aliphatic rings. The number of ether oxygens (including phenoxy) is 1. The van der Waals surface area contributed by atoms with E-state index in [0.29, 0.717) is 5.41 Å². The third kappa shape index (κ3) is 2.49. The molecule has 1 N–H and O–H groups in total. The molecule has 0 spiro atoms. The fraction of sp³-hybridized carbons (Fsp3) is 0.600. The second-order valence-electron chi connectivity index (χ2n) is 5.65. The second kappa shape index (κ2) is 5.32. The lowest BCUT2D eigenvalue weighted by atomic mass is 9.68. The maximum atomic E-state index is 5.47. The minimum absolute atomic E-state index is 0.367. The Morgan fingerprint density at radius 1 is 1.28 bits per heavy atom. The topological polar surface area (TPSA) is 21.3 Å². The normalized spacial score (nSPS) is 23.6. The van der Waals surface area contributed by atoms with Gasteiger partial charge in [-0.2, -0.15) is 0 Å². The van der Waals surface area contributed by atoms with Crippen LogP contribution in [0.1, 0.15) is 24.8 Å². The summed E-state index contributed by atoms with van der Waals surface area (Å²) in [5.41, 5.74) is 1.85. The molecule has 0 bridgehead atoms. The van der Waals surface area contributed by atoms with Crippen LogP contribution in [0.5, 0.6) is 0 Å². The van der Waals surface area contributed by atoms with Crippen LogP contribution in [0.15, 0.2) is 28.7 Å². The first kappa shape index (κ1) is 12.6. The van der Waals surface area contributed by atoms with E-state index < -0.39 is 0 Å². The molecular formula is C15H20BrNO. The molecule has 0 atom stereocenters. The zero-order valence-electron chi connectivity index (χ0n) is 10.6. The Morgan fingerprint density at radius 2 is 2.06 bits per heavy atom. The standard InChI is InChI=1S/C15H20BrNO/c16-14-3-1-2-13(8-14)15(10-17-11-15)9-12-4-6-18-7-5-12/h1-3,8,12,17H,4-7,9-11H2. The number of hydrogen-bond acceptors (Lipinski definition) is 2. The van der Waals surface area contributed by atoms with Gasteiger partial charge in [-0.3, -0.25) is 0 Å². The SMILES string of the molecule is Brc1cccc(C2(CC3CCOCC3)CNC2)c1. The average molecular weight is 310 g/mol. The van der Waals surface area contributed by atoms with E-state index in [1.807, 2.05) is 0 Å². The van der Waals surface area contributed by atoms with Crippen LogP contribution in [0.3, 0.4) is 0 Å². The Morgan fingerprint density at radius 3 is 2.67 bits per heavy atom. The number of halogens is 1. The van der Waals surface area contributed by atoms with Crippen LogP contribution in [0.25, 0.3) is 0 Å². The summed E-state index contributed by atoms with van der Waals surface area (Å²) in [4.78, 5) is 0. The van der Waals surface area contributed by atoms with E-state index in [0.717, 1.165) is 32.2 Å². The van der Waals surface area contributed by atoms with Crippen molar-refractivity contribution >= 4 is 15.9 Å². The van der Waals surface area contributed by atoms with Crippen molar-refractivity contribution < 1.29 is 4.74 Å². The Bertz CT molecular complexity index is 411. The van der Waals surface area contributed by atoms with Crippen molar-refractivity contribution in [2.75, 3.05) is 26.3 Å². The summed E-state index contributed by atoms with van der Waals surface area (Å²) >= 11 is 3.59. The minimum atomic E-state index is 0.367. The third-order valence-electron chi connectivity index (χ3n) is 4.38. The molecule has 2 nitrogen and oxygen atoms in total. The summed E-state index contributed by atoms with van der Waals surface area (Å²) in [6, 6.07) is 8.84. The van der Waals surface area contributed by atoms with Gasteiger partial charge in [-0.25, -0.2) is 0 Å². The Hall–Kier alpha value is -0.380. The summed E-state index contributed by atoms with van der Waals surface area (Å²) < 4.78 is 6.66. The Balaban J connectivity index is 1.77. The maximum Gasteiger partial charge on any atom is 0.0468 e. The molecule has 1 aromatic rings. The van der Waals surface area contributed by atoms with E-state index in [4.69, 9.17) is 4.74 Å². The van der Waals surface area contributed by atoms with Crippen molar-refractivity contribution in [1.82, 2.24) is 5.32 Å². The van der Waals surface area contributed by atoms with E-state index in [1.165, 1.54) is 29.3 Å². The van der Waals surface area contributed by atoms with Gasteiger partial charge in [0.25, 0.3) is 0 Å². The molecule has 2 heterocycles. The first-order valence-electron chi connectivity index (χ1n) is 6.83. The number of rotatable bonds is 3. The van der Waals surface area contributed by atoms with Gasteiger partial charge in [0.15, 0.2) is 0 Å². The summed E-state index contributed by atoms with van der Waals surface area (Å²) in [6.07, 6.45) is 3.77. The summed E-state index contributed by atoms with van der Waals surface area (Å²) in [6.45, 7) is 4.15. The lowest BCUT2D eigenvalue weighted by Crippen LogP contribution is -2.57. The van der Waals surface area contributed by atoms with Gasteiger partial charge in [-0.15, -0.1) is 0 Å². The quantitative estimate of drug-likeness (QED) is 0.926. The molecule has 0 unspecified atom stereocenters. The maximum absolute atomic E-state index is 5.47. The highest BCUT2D eigenvalue weighted by Crippen LogP contribution is 2.38. The molecule has 2 saturated heterocycles. The highest BCUT2D eigenvalue weighted by atomic mass is 79.9. The van der Waals surface area contributed by atoms with Crippen LogP contribution in [0.4, 0.5) is 0 Å². The second-order valence-corrected chi connectivity index (χ2v) is 6.57. The van der Waals surface area contributed by atoms with Crippen molar-refractivity contribution in [3.63, 3.8) is 0 Å². The fourth-order valence-electron chi connectivity index (χ4n) is 3.21. The van der Waals surface area contributed by atoms with Crippen LogP contribution in [-0.2, 0) is 10.2 Å². The Labute approximate surface area is 117 Å². The molecule has 18 heavy (non-hydrogen) atoms. The van der Waals surface area contributed by atoms with Crippen molar-refractivity contribution in [1.29, 1.82) is 0 Å². The molecule has 0 amide bonds. The van der Waals surface area contributed by atoms with Crippen LogP contribution in [0, 0.1) is 5.92 Å². The largest absolute Gasteiger partial charge is 0.381 e. The highest BCUT2D eigenvalue weighted by Gasteiger charge is 2.40. The number of nitrogens with one attached hydrogen (secondary N) is 1. The number of hydrogen-bond donors (Lipinski definition) is 1. The van der Waals surface area contributed by atoms with Gasteiger partial charge in [0.05, 0.1) is 0 Å². The first-order valence-corrected chi connectivity index (χ1v) is 7.62. The zero-order valence-corrected chi connectivity index (χ0v) is 12.2. The molecule has 2 fully saturated rings. The third-order valence-corrected chi connectivity index (χ3v) is 4.88. The fourth-order valence-corrected chi connectivity index (χ4v) is 3.61. The smallest absolute Gasteiger partial charge is 0.0468 e. The lowest BCUT2D eigenvalue weighted by molar-refractivity contribution is 0.0501. The van der Waals surface area contributed by atoms with E-state index in [-0.39, 0.29) is 0 Å². The van der Waals surface area contributed by atoms with Crippen LogP contribution in [0.2, 0.25) is 0 Å². The van der Waals surface area contributed by atoms with Crippen molar-refractivity contribution in [3.05, 3.63) is 34.3 Å². The molecule has 0 aliphatic carbocycles. The number of benzene rings is 1. The van der Waals surface area contributed by atoms with E-state index >= 15 is 0 Å². The van der Waals surface area contributed by atoms with Gasteiger partial charge in [0, 0.05) is 36.2 Å². The summed E-state index contributed by atoms with van der Waals surface area (Å²) in [5.74, 6) is 0.833. The lowest BCUT2D eigenvalue weighted by Gasteiger charge is -2.46. The summed E-state index contributed by atoms with van der Waals surface area (Å²) in [5, 5.41) is 3.46. The molecule has 0 aromatic heterocycles. The first-order chi connectivity index (χ1) is 8.78. The van der Waals surface area contributed by atoms with Crippen LogP contribution < -0.4 is 5.32 Å². The van der Waals surface area contributed by atoms with Crippen molar-refractivity contribution in [2.24, 2.45) is 5.92 Å². The van der Waals surface area contributed by atoms with E-state index in [2.05, 4.69) is 45.5 Å². The average Bonchev–Trinajstić information content (AvgIpc) is 2.35. The zero-order chi connectivity index (χ0) is 12.4. The van der Waals surface area contributed by atoms with Gasteiger partial charge < -0.3 is 10.1 Å². The van der Waals surface area contributed by atoms with Crippen molar-refractivity contribution in [2.45, 2.75) is 24.7 Å². The molecule has 0 saturated carbocycles. The molecular weight excluding hydrogens is 290 g/mol. The van der Waals surface area contributed by atoms with Gasteiger partial charge in [0.2, 0.25) is 0 Å². The highest BCUT2D eigenvalue weighted by molar-refractivity contribution is 9.10. The predicted molar refractivity (Wildman–Crippen MR) is 76.8 cm³/mol. The monoisotopic (exact) mass is 309 g/mol. The molecule has 3 heteroatoms. The van der Waals surface area contributed by atoms with Gasteiger partial charge >= 0.3 is 0 Å². The molecule has 98 valence electrons. The van der Waals surface area contributed by atoms with Gasteiger partial charge in [-0.1, -0.05) is 28.1 Å². The minimum Gasteiger partial charge on any atom is -0.381 e.